The van der Waals surface area contributed by atoms with Crippen LogP contribution in [0.3, 0.4) is 0 Å². The number of hydrogen-bond acceptors (Lipinski definition) is 5. The van der Waals surface area contributed by atoms with E-state index in [0.29, 0.717) is 22.3 Å². The van der Waals surface area contributed by atoms with E-state index in [1.807, 2.05) is 26.0 Å². The first kappa shape index (κ1) is 15.4. The zero-order valence-electron chi connectivity index (χ0n) is 13.0. The van der Waals surface area contributed by atoms with Gasteiger partial charge in [-0.1, -0.05) is 12.1 Å². The van der Waals surface area contributed by atoms with Crippen LogP contribution in [-0.4, -0.2) is 15.9 Å². The Morgan fingerprint density at radius 2 is 2.04 bits per heavy atom. The van der Waals surface area contributed by atoms with Gasteiger partial charge in [-0.2, -0.15) is 0 Å². The molecule has 0 radical (unpaired) electrons. The third-order valence-corrected chi connectivity index (χ3v) is 4.53. The molecule has 2 heterocycles. The fraction of sp³-hybridized carbons (Fsp3) is 0.235. The van der Waals surface area contributed by atoms with Gasteiger partial charge < -0.3 is 9.72 Å². The summed E-state index contributed by atoms with van der Waals surface area (Å²) < 4.78 is 5.46. The number of ether oxygens (including phenoxy) is 1. The summed E-state index contributed by atoms with van der Waals surface area (Å²) in [4.78, 5) is 33.4. The molecule has 118 valence electrons. The van der Waals surface area contributed by atoms with Crippen molar-refractivity contribution >= 4 is 28.2 Å². The minimum Gasteiger partial charge on any atom is -0.451 e. The maximum atomic E-state index is 12.3. The summed E-state index contributed by atoms with van der Waals surface area (Å²) in [6.45, 7) is 5.52. The fourth-order valence-electron chi connectivity index (χ4n) is 2.41. The van der Waals surface area contributed by atoms with Crippen LogP contribution in [-0.2, 0) is 4.74 Å². The van der Waals surface area contributed by atoms with Crippen molar-refractivity contribution in [2.75, 3.05) is 0 Å². The first-order chi connectivity index (χ1) is 11.0. The van der Waals surface area contributed by atoms with E-state index in [0.717, 1.165) is 9.75 Å². The molecule has 23 heavy (non-hydrogen) atoms. The van der Waals surface area contributed by atoms with Gasteiger partial charge in [-0.15, -0.1) is 11.3 Å². The van der Waals surface area contributed by atoms with Crippen LogP contribution in [0.15, 0.2) is 35.1 Å². The van der Waals surface area contributed by atoms with Crippen molar-refractivity contribution < 1.29 is 9.53 Å². The summed E-state index contributed by atoms with van der Waals surface area (Å²) >= 11 is 1.55. The van der Waals surface area contributed by atoms with Crippen LogP contribution in [0.4, 0.5) is 0 Å². The Hall–Kier alpha value is -2.47. The molecule has 5 nitrogen and oxygen atoms in total. The Kier molecular flexibility index (Phi) is 4.00. The summed E-state index contributed by atoms with van der Waals surface area (Å²) in [5.74, 6) is -0.0678. The molecule has 0 bridgehead atoms. The summed E-state index contributed by atoms with van der Waals surface area (Å²) in [6, 6.07) is 8.87. The van der Waals surface area contributed by atoms with E-state index in [4.69, 9.17) is 4.74 Å². The van der Waals surface area contributed by atoms with Gasteiger partial charge in [0.1, 0.15) is 0 Å². The molecule has 1 aromatic carbocycles. The number of esters is 1. The number of para-hydroxylation sites is 1. The van der Waals surface area contributed by atoms with Gasteiger partial charge in [-0.05, 0) is 39.0 Å². The normalized spacial score (nSPS) is 12.3. The number of aromatic amines is 1. The molecule has 1 atom stereocenters. The molecule has 0 aliphatic rings. The summed E-state index contributed by atoms with van der Waals surface area (Å²) in [5, 5.41) is 0.513. The summed E-state index contributed by atoms with van der Waals surface area (Å²) in [6.07, 6.45) is -0.639. The summed E-state index contributed by atoms with van der Waals surface area (Å²) in [7, 11) is 0. The number of nitrogens with one attached hydrogen (secondary N) is 1. The van der Waals surface area contributed by atoms with E-state index in [-0.39, 0.29) is 5.56 Å². The number of carbonyl (C=O) groups is 1. The number of carbonyl (C=O) groups excluding carboxylic acids is 1. The number of thiophene rings is 1. The van der Waals surface area contributed by atoms with Gasteiger partial charge in [0, 0.05) is 9.75 Å². The van der Waals surface area contributed by atoms with Gasteiger partial charge in [-0.3, -0.25) is 4.79 Å². The lowest BCUT2D eigenvalue weighted by atomic mass is 10.2. The molecule has 0 saturated heterocycles. The number of aryl methyl sites for hydroxylation is 2. The van der Waals surface area contributed by atoms with Gasteiger partial charge in [0.25, 0.3) is 5.56 Å². The predicted octanol–water partition coefficient (Wildman–Crippen LogP) is 3.52. The fourth-order valence-corrected chi connectivity index (χ4v) is 3.32. The molecule has 3 aromatic rings. The molecule has 6 heteroatoms. The molecule has 0 spiro atoms. The number of hydrogen-bond donors (Lipinski definition) is 1. The monoisotopic (exact) mass is 328 g/mol. The van der Waals surface area contributed by atoms with Crippen LogP contribution in [0.2, 0.25) is 0 Å². The average Bonchev–Trinajstić information content (AvgIpc) is 2.86. The zero-order valence-corrected chi connectivity index (χ0v) is 13.9. The Morgan fingerprint density at radius 3 is 2.74 bits per heavy atom. The lowest BCUT2D eigenvalue weighted by Gasteiger charge is -2.13. The second-order valence-corrected chi connectivity index (χ2v) is 6.80. The molecular formula is C17H16N2O3S. The molecule has 0 fully saturated rings. The Morgan fingerprint density at radius 1 is 1.30 bits per heavy atom. The number of aromatic nitrogens is 2. The van der Waals surface area contributed by atoms with Crippen molar-refractivity contribution in [2.45, 2.75) is 26.9 Å². The van der Waals surface area contributed by atoms with Gasteiger partial charge in [0.05, 0.1) is 16.5 Å². The zero-order chi connectivity index (χ0) is 16.6. The molecule has 0 aliphatic carbocycles. The summed E-state index contributed by atoms with van der Waals surface area (Å²) in [5.41, 5.74) is 0.898. The largest absolute Gasteiger partial charge is 0.451 e. The molecule has 0 amide bonds. The molecule has 3 rings (SSSR count). The van der Waals surface area contributed by atoms with Crippen LogP contribution in [0.5, 0.6) is 0 Å². The van der Waals surface area contributed by atoms with E-state index < -0.39 is 12.1 Å². The minimum absolute atomic E-state index is 0.240. The molecular weight excluding hydrogens is 312 g/mol. The topological polar surface area (TPSA) is 72.0 Å². The number of H-pyrrole nitrogens is 1. The lowest BCUT2D eigenvalue weighted by Crippen LogP contribution is -2.17. The van der Waals surface area contributed by atoms with Gasteiger partial charge in [-0.25, -0.2) is 9.78 Å². The SMILES string of the molecule is Cc1cc(C(=O)O[C@@H](C)c2nc3ccccc3c(=O)[nH]2)c(C)s1. The van der Waals surface area contributed by atoms with Gasteiger partial charge >= 0.3 is 5.97 Å². The van der Waals surface area contributed by atoms with Crippen LogP contribution < -0.4 is 5.56 Å². The number of fused-ring (bicyclic) bond motifs is 1. The second-order valence-electron chi connectivity index (χ2n) is 5.34. The van der Waals surface area contributed by atoms with Crippen molar-refractivity contribution in [1.29, 1.82) is 0 Å². The van der Waals surface area contributed by atoms with Crippen molar-refractivity contribution in [3.63, 3.8) is 0 Å². The van der Waals surface area contributed by atoms with E-state index >= 15 is 0 Å². The Labute approximate surface area is 137 Å². The van der Waals surface area contributed by atoms with Crippen molar-refractivity contribution in [3.05, 3.63) is 61.8 Å². The van der Waals surface area contributed by atoms with Crippen LogP contribution in [0, 0.1) is 13.8 Å². The van der Waals surface area contributed by atoms with Crippen LogP contribution in [0.1, 0.15) is 39.0 Å². The van der Waals surface area contributed by atoms with Crippen molar-refractivity contribution in [3.8, 4) is 0 Å². The highest BCUT2D eigenvalue weighted by molar-refractivity contribution is 7.12. The quantitative estimate of drug-likeness (QED) is 0.747. The number of rotatable bonds is 3. The third-order valence-electron chi connectivity index (χ3n) is 3.56. The standard InChI is InChI=1S/C17H16N2O3S/c1-9-8-13(11(3)23-9)17(21)22-10(2)15-18-14-7-5-4-6-12(14)16(20)19-15/h4-8,10H,1-3H3,(H,18,19,20)/t10-/m0/s1. The van der Waals surface area contributed by atoms with E-state index in [2.05, 4.69) is 9.97 Å². The van der Waals surface area contributed by atoms with E-state index in [1.165, 1.54) is 0 Å². The Bertz CT molecular complexity index is 942. The first-order valence-electron chi connectivity index (χ1n) is 7.22. The van der Waals surface area contributed by atoms with E-state index in [1.54, 1.807) is 36.5 Å². The van der Waals surface area contributed by atoms with Crippen LogP contribution in [0.25, 0.3) is 10.9 Å². The molecule has 1 N–H and O–H groups in total. The van der Waals surface area contributed by atoms with Gasteiger partial charge in [0.2, 0.25) is 0 Å². The minimum atomic E-state index is -0.639. The van der Waals surface area contributed by atoms with Crippen molar-refractivity contribution in [1.82, 2.24) is 9.97 Å². The third kappa shape index (κ3) is 3.03. The number of nitrogens with zero attached hydrogens (tertiary/aromatic N) is 1. The maximum Gasteiger partial charge on any atom is 0.339 e. The molecule has 0 saturated carbocycles. The Balaban J connectivity index is 1.89. The first-order valence-corrected chi connectivity index (χ1v) is 8.04. The average molecular weight is 328 g/mol. The van der Waals surface area contributed by atoms with Crippen LogP contribution >= 0.6 is 11.3 Å². The maximum absolute atomic E-state index is 12.3. The van der Waals surface area contributed by atoms with Crippen molar-refractivity contribution in [2.24, 2.45) is 0 Å². The predicted molar refractivity (Wildman–Crippen MR) is 90.0 cm³/mol. The molecule has 0 aliphatic heterocycles. The lowest BCUT2D eigenvalue weighted by molar-refractivity contribution is 0.0320. The smallest absolute Gasteiger partial charge is 0.339 e. The highest BCUT2D eigenvalue weighted by Gasteiger charge is 2.19. The molecule has 0 unspecified atom stereocenters. The highest BCUT2D eigenvalue weighted by Crippen LogP contribution is 2.23. The second kappa shape index (κ2) is 5.96. The molecule has 2 aromatic heterocycles. The number of benzene rings is 1. The highest BCUT2D eigenvalue weighted by atomic mass is 32.1. The van der Waals surface area contributed by atoms with E-state index in [9.17, 15) is 9.59 Å². The van der Waals surface area contributed by atoms with Gasteiger partial charge in [0.15, 0.2) is 11.9 Å².